The number of primary amides is 1. The number of hydrogen-bond donors (Lipinski definition) is 1. The fourth-order valence-corrected chi connectivity index (χ4v) is 2.30. The minimum Gasteiger partial charge on any atom is -0.365 e. The molecule has 1 aromatic heterocycles. The maximum absolute atomic E-state index is 11.9. The Bertz CT molecular complexity index is 771. The van der Waals surface area contributed by atoms with E-state index in [9.17, 15) is 4.79 Å². The summed E-state index contributed by atoms with van der Waals surface area (Å²) in [5, 5.41) is 0.389. The van der Waals surface area contributed by atoms with E-state index in [1.54, 1.807) is 12.1 Å². The van der Waals surface area contributed by atoms with E-state index in [4.69, 9.17) is 17.3 Å². The lowest BCUT2D eigenvalue weighted by Crippen LogP contribution is -2.26. The average molecular weight is 331 g/mol. The third-order valence-electron chi connectivity index (χ3n) is 3.34. The molecule has 2 N–H and O–H groups in total. The summed E-state index contributed by atoms with van der Waals surface area (Å²) in [6.45, 7) is 5.73. The van der Waals surface area contributed by atoms with Gasteiger partial charge in [0.2, 0.25) is 0 Å². The number of nitrogens with two attached hydrogens (primary N) is 1. The summed E-state index contributed by atoms with van der Waals surface area (Å²) in [6, 6.07) is 5.33. The van der Waals surface area contributed by atoms with Gasteiger partial charge < -0.3 is 10.6 Å². The number of carbonyl (C=O) groups excluding carboxylic acids is 1. The van der Waals surface area contributed by atoms with E-state index in [2.05, 4.69) is 9.98 Å². The molecule has 23 heavy (non-hydrogen) atoms. The molecule has 1 aliphatic heterocycles. The first-order valence-electron chi connectivity index (χ1n) is 7.12. The van der Waals surface area contributed by atoms with E-state index < -0.39 is 5.91 Å². The van der Waals surface area contributed by atoms with Gasteiger partial charge in [0, 0.05) is 12.7 Å². The van der Waals surface area contributed by atoms with Crippen LogP contribution < -0.4 is 5.73 Å². The number of halogens is 1. The maximum atomic E-state index is 11.9. The van der Waals surface area contributed by atoms with Gasteiger partial charge in [0.15, 0.2) is 0 Å². The largest absolute Gasteiger partial charge is 0.365 e. The van der Waals surface area contributed by atoms with Crippen molar-refractivity contribution in [3.05, 3.63) is 63.9 Å². The molecule has 0 saturated heterocycles. The molecule has 1 aromatic rings. The predicted octanol–water partition coefficient (Wildman–Crippen LogP) is 3.04. The molecular weight excluding hydrogens is 312 g/mol. The topological polar surface area (TPSA) is 71.6 Å². The first-order chi connectivity index (χ1) is 10.8. The van der Waals surface area contributed by atoms with Gasteiger partial charge >= 0.3 is 0 Å². The zero-order valence-corrected chi connectivity index (χ0v) is 14.3. The van der Waals surface area contributed by atoms with Crippen LogP contribution in [0.1, 0.15) is 26.5 Å². The van der Waals surface area contributed by atoms with Gasteiger partial charge in [-0.1, -0.05) is 23.2 Å². The predicted molar refractivity (Wildman–Crippen MR) is 93.0 cm³/mol. The third kappa shape index (κ3) is 3.87. The van der Waals surface area contributed by atoms with Crippen LogP contribution >= 0.6 is 11.6 Å². The second-order valence-electron chi connectivity index (χ2n) is 5.51. The van der Waals surface area contributed by atoms with Crippen molar-refractivity contribution in [3.8, 4) is 0 Å². The van der Waals surface area contributed by atoms with E-state index in [1.807, 2.05) is 50.9 Å². The second-order valence-corrected chi connectivity index (χ2v) is 5.90. The van der Waals surface area contributed by atoms with Crippen molar-refractivity contribution in [1.29, 1.82) is 0 Å². The number of nitrogens with zero attached hydrogens (tertiary/aromatic N) is 3. The van der Waals surface area contributed by atoms with Crippen LogP contribution in [0.2, 0.25) is 5.15 Å². The number of rotatable bonds is 3. The van der Waals surface area contributed by atoms with Crippen LogP contribution in [0.15, 0.2) is 58.0 Å². The van der Waals surface area contributed by atoms with Gasteiger partial charge in [-0.3, -0.25) is 4.79 Å². The third-order valence-corrected chi connectivity index (χ3v) is 3.55. The minimum absolute atomic E-state index is 0.361. The molecule has 0 spiro atoms. The van der Waals surface area contributed by atoms with Gasteiger partial charge in [-0.05, 0) is 45.1 Å². The Kier molecular flexibility index (Phi) is 5.01. The molecule has 1 amide bonds. The van der Waals surface area contributed by atoms with E-state index >= 15 is 0 Å². The van der Waals surface area contributed by atoms with Crippen LogP contribution in [0.4, 0.5) is 0 Å². The molecule has 1 aliphatic rings. The molecule has 0 radical (unpaired) electrons. The first kappa shape index (κ1) is 17.0. The summed E-state index contributed by atoms with van der Waals surface area (Å²) in [6.07, 6.45) is 3.63. The van der Waals surface area contributed by atoms with E-state index in [1.165, 1.54) is 0 Å². The molecule has 0 bridgehead atoms. The van der Waals surface area contributed by atoms with Gasteiger partial charge in [-0.2, -0.15) is 0 Å². The summed E-state index contributed by atoms with van der Waals surface area (Å²) in [7, 11) is 1.84. The first-order valence-corrected chi connectivity index (χ1v) is 7.50. The van der Waals surface area contributed by atoms with Gasteiger partial charge in [0.1, 0.15) is 11.0 Å². The average Bonchev–Trinajstić information content (AvgIpc) is 2.47. The number of aromatic nitrogens is 1. The number of carbonyl (C=O) groups is 1. The molecule has 0 aliphatic carbocycles. The Labute approximate surface area is 140 Å². The highest BCUT2D eigenvalue weighted by Gasteiger charge is 2.21. The summed E-state index contributed by atoms with van der Waals surface area (Å²) < 4.78 is 0. The van der Waals surface area contributed by atoms with Crippen LogP contribution in [0.25, 0.3) is 0 Å². The SMILES string of the molecule is CC(C)=C/C(C(N)=O)=C1/N=C(c2cccc(Cl)n2)C=C(C)N1C. The molecular formula is C17H19ClN4O. The van der Waals surface area contributed by atoms with E-state index in [0.717, 1.165) is 11.3 Å². The fourth-order valence-electron chi connectivity index (χ4n) is 2.14. The molecule has 2 heterocycles. The standard InChI is InChI=1S/C17H19ClN4O/c1-10(2)8-12(16(19)23)17-21-14(9-11(3)22(17)4)13-6-5-7-15(18)20-13/h5-9H,1-4H3,(H2,19,23)/b17-12+. The summed E-state index contributed by atoms with van der Waals surface area (Å²) in [5.74, 6) is -0.0274. The molecule has 5 nitrogen and oxygen atoms in total. The second kappa shape index (κ2) is 6.79. The lowest BCUT2D eigenvalue weighted by Gasteiger charge is -2.26. The Morgan fingerprint density at radius 3 is 2.61 bits per heavy atom. The quantitative estimate of drug-likeness (QED) is 0.684. The van der Waals surface area contributed by atoms with Crippen molar-refractivity contribution in [2.75, 3.05) is 7.05 Å². The molecule has 0 atom stereocenters. The fraction of sp³-hybridized carbons (Fsp3) is 0.235. The lowest BCUT2D eigenvalue weighted by atomic mass is 10.1. The van der Waals surface area contributed by atoms with Crippen molar-refractivity contribution >= 4 is 23.2 Å². The normalized spacial score (nSPS) is 16.5. The number of allylic oxidation sites excluding steroid dienone is 3. The monoisotopic (exact) mass is 330 g/mol. The van der Waals surface area contributed by atoms with Gasteiger partial charge in [-0.25, -0.2) is 9.98 Å². The molecule has 0 saturated carbocycles. The summed E-state index contributed by atoms with van der Waals surface area (Å²) in [4.78, 5) is 22.5. The molecule has 0 aromatic carbocycles. The van der Waals surface area contributed by atoms with Crippen molar-refractivity contribution < 1.29 is 4.79 Å². The Balaban J connectivity index is 2.66. The van der Waals surface area contributed by atoms with E-state index in [-0.39, 0.29) is 0 Å². The van der Waals surface area contributed by atoms with Gasteiger partial charge in [0.25, 0.3) is 5.91 Å². The lowest BCUT2D eigenvalue weighted by molar-refractivity contribution is -0.114. The van der Waals surface area contributed by atoms with Crippen molar-refractivity contribution in [3.63, 3.8) is 0 Å². The molecule has 120 valence electrons. The molecule has 0 unspecified atom stereocenters. The molecule has 0 fully saturated rings. The Hall–Kier alpha value is -2.40. The Morgan fingerprint density at radius 1 is 1.35 bits per heavy atom. The van der Waals surface area contributed by atoms with E-state index in [0.29, 0.717) is 28.0 Å². The number of hydrogen-bond acceptors (Lipinski definition) is 4. The van der Waals surface area contributed by atoms with Crippen molar-refractivity contribution in [1.82, 2.24) is 9.88 Å². The summed E-state index contributed by atoms with van der Waals surface area (Å²) in [5.41, 5.74) is 9.07. The van der Waals surface area contributed by atoms with Gasteiger partial charge in [0.05, 0.1) is 17.0 Å². The van der Waals surface area contributed by atoms with Crippen LogP contribution in [0.5, 0.6) is 0 Å². The van der Waals surface area contributed by atoms with Crippen LogP contribution in [-0.4, -0.2) is 28.6 Å². The zero-order valence-electron chi connectivity index (χ0n) is 13.6. The Morgan fingerprint density at radius 2 is 2.04 bits per heavy atom. The zero-order chi connectivity index (χ0) is 17.1. The highest BCUT2D eigenvalue weighted by Crippen LogP contribution is 2.24. The highest BCUT2D eigenvalue weighted by atomic mass is 35.5. The van der Waals surface area contributed by atoms with Crippen molar-refractivity contribution in [2.45, 2.75) is 20.8 Å². The van der Waals surface area contributed by atoms with Crippen LogP contribution in [0, 0.1) is 0 Å². The minimum atomic E-state index is -0.523. The number of aliphatic imine (C=N–C) groups is 1. The molecule has 6 heteroatoms. The maximum Gasteiger partial charge on any atom is 0.252 e. The van der Waals surface area contributed by atoms with Crippen LogP contribution in [0.3, 0.4) is 0 Å². The van der Waals surface area contributed by atoms with Crippen LogP contribution in [-0.2, 0) is 4.79 Å². The smallest absolute Gasteiger partial charge is 0.252 e. The number of pyridine rings is 1. The van der Waals surface area contributed by atoms with Crippen molar-refractivity contribution in [2.24, 2.45) is 10.7 Å². The number of amides is 1. The molecule has 2 rings (SSSR count). The highest BCUT2D eigenvalue weighted by molar-refractivity contribution is 6.29. The van der Waals surface area contributed by atoms with Gasteiger partial charge in [-0.15, -0.1) is 0 Å². The summed E-state index contributed by atoms with van der Waals surface area (Å²) >= 11 is 5.95.